The molecule has 2 aromatic heterocycles. The smallest absolute Gasteiger partial charge is 0.350 e. The highest BCUT2D eigenvalue weighted by Gasteiger charge is 2.34. The van der Waals surface area contributed by atoms with Crippen LogP contribution in [-0.2, 0) is 6.54 Å². The molecule has 2 aromatic carbocycles. The maximum atomic E-state index is 15.0. The average Bonchev–Trinajstić information content (AvgIpc) is 3.47. The molecule has 194 valence electrons. The molecule has 0 aliphatic carbocycles. The molecule has 0 bridgehead atoms. The van der Waals surface area contributed by atoms with Crippen LogP contribution >= 0.6 is 11.6 Å². The van der Waals surface area contributed by atoms with Crippen LogP contribution in [0.4, 0.5) is 19.0 Å². The zero-order valence-electron chi connectivity index (χ0n) is 20.0. The summed E-state index contributed by atoms with van der Waals surface area (Å²) in [7, 11) is 0. The Morgan fingerprint density at radius 2 is 1.89 bits per heavy atom. The van der Waals surface area contributed by atoms with Crippen molar-refractivity contribution in [2.45, 2.75) is 19.9 Å². The second-order valence-corrected chi connectivity index (χ2v) is 9.59. The van der Waals surface area contributed by atoms with Crippen LogP contribution in [0.15, 0.2) is 59.8 Å². The Labute approximate surface area is 220 Å². The van der Waals surface area contributed by atoms with Gasteiger partial charge in [-0.25, -0.2) is 22.9 Å². The van der Waals surface area contributed by atoms with E-state index in [-0.39, 0.29) is 34.3 Å². The first-order valence-corrected chi connectivity index (χ1v) is 11.9. The first kappa shape index (κ1) is 25.4. The number of hydrogen-bond donors (Lipinski definition) is 0. The third-order valence-corrected chi connectivity index (χ3v) is 6.66. The van der Waals surface area contributed by atoms with Crippen molar-refractivity contribution in [3.8, 4) is 23.3 Å². The second-order valence-electron chi connectivity index (χ2n) is 9.19. The molecule has 1 aliphatic heterocycles. The van der Waals surface area contributed by atoms with Gasteiger partial charge in [0.05, 0.1) is 29.9 Å². The molecular weight excluding hydrogens is 521 g/mol. The summed E-state index contributed by atoms with van der Waals surface area (Å²) in [5.41, 5.74) is -1.40. The highest BCUT2D eigenvalue weighted by Crippen LogP contribution is 2.37. The highest BCUT2D eigenvalue weighted by atomic mass is 35.5. The lowest BCUT2D eigenvalue weighted by atomic mass is 9.92. The van der Waals surface area contributed by atoms with E-state index >= 15 is 4.39 Å². The molecule has 1 saturated heterocycles. The molecule has 38 heavy (non-hydrogen) atoms. The first-order chi connectivity index (χ1) is 18.2. The van der Waals surface area contributed by atoms with Gasteiger partial charge >= 0.3 is 5.69 Å². The van der Waals surface area contributed by atoms with Crippen LogP contribution in [0.1, 0.15) is 18.9 Å². The maximum absolute atomic E-state index is 15.0. The molecule has 12 heteroatoms. The Balaban J connectivity index is 1.37. The lowest BCUT2D eigenvalue weighted by Gasteiger charge is -2.20. The molecule has 8 nitrogen and oxygen atoms in total. The largest absolute Gasteiger partial charge is 0.453 e. The molecule has 1 aliphatic rings. The van der Waals surface area contributed by atoms with Crippen molar-refractivity contribution < 1.29 is 17.9 Å². The quantitative estimate of drug-likeness (QED) is 0.339. The van der Waals surface area contributed by atoms with E-state index in [9.17, 15) is 18.8 Å². The third kappa shape index (κ3) is 4.82. The van der Waals surface area contributed by atoms with Crippen LogP contribution in [0.3, 0.4) is 0 Å². The third-order valence-electron chi connectivity index (χ3n) is 6.38. The number of nitriles is 1. The second kappa shape index (κ2) is 9.87. The van der Waals surface area contributed by atoms with Crippen molar-refractivity contribution in [1.82, 2.24) is 19.3 Å². The van der Waals surface area contributed by atoms with E-state index in [1.807, 2.05) is 11.8 Å². The highest BCUT2D eigenvalue weighted by molar-refractivity contribution is 6.32. The number of anilines is 1. The summed E-state index contributed by atoms with van der Waals surface area (Å²) in [6, 6.07) is 11.1. The lowest BCUT2D eigenvalue weighted by Crippen LogP contribution is -2.24. The average molecular weight is 541 g/mol. The Kier molecular flexibility index (Phi) is 6.59. The summed E-state index contributed by atoms with van der Waals surface area (Å²) < 4.78 is 50.6. The van der Waals surface area contributed by atoms with Gasteiger partial charge in [-0.3, -0.25) is 4.57 Å². The predicted octanol–water partition coefficient (Wildman–Crippen LogP) is 5.08. The van der Waals surface area contributed by atoms with Crippen LogP contribution in [0.25, 0.3) is 5.69 Å². The molecule has 3 heterocycles. The zero-order valence-corrected chi connectivity index (χ0v) is 20.8. The number of hydrogen-bond acceptors (Lipinski definition) is 6. The van der Waals surface area contributed by atoms with Crippen molar-refractivity contribution in [3.05, 3.63) is 93.5 Å². The summed E-state index contributed by atoms with van der Waals surface area (Å²) in [5, 5.41) is 13.5. The molecular formula is C26H20ClF3N6O2. The molecule has 5 rings (SSSR count). The van der Waals surface area contributed by atoms with Crippen LogP contribution in [0.2, 0.25) is 5.02 Å². The van der Waals surface area contributed by atoms with Gasteiger partial charge in [0.25, 0.3) is 0 Å². The number of pyridine rings is 1. The van der Waals surface area contributed by atoms with E-state index < -0.39 is 28.6 Å². The van der Waals surface area contributed by atoms with Crippen LogP contribution in [-0.4, -0.2) is 32.4 Å². The van der Waals surface area contributed by atoms with E-state index in [0.717, 1.165) is 33.8 Å². The van der Waals surface area contributed by atoms with Gasteiger partial charge in [0.15, 0.2) is 17.3 Å². The van der Waals surface area contributed by atoms with E-state index in [1.165, 1.54) is 24.4 Å². The number of ether oxygens (including phenoxy) is 1. The molecule has 0 amide bonds. The van der Waals surface area contributed by atoms with E-state index in [2.05, 4.69) is 16.2 Å². The molecule has 0 radical (unpaired) electrons. The number of halogens is 4. The normalized spacial score (nSPS) is 17.0. The Bertz CT molecular complexity index is 1610. The van der Waals surface area contributed by atoms with E-state index in [0.29, 0.717) is 25.3 Å². The topological polar surface area (TPSA) is 89.0 Å². The number of rotatable bonds is 6. The standard InChI is InChI=1S/C26H20ClF3N6O2/c1-26(13-31)7-8-34(14-26)24-10-23(18(27)11-32-24)38-22-6-5-16(9-21(22)30)36-25(37)35(15-33-36)12-17-19(28)3-2-4-20(17)29/h2-6,9-11,15H,7-8,12,14H2,1H3. The fraction of sp³-hybridized carbons (Fsp3) is 0.231. The van der Waals surface area contributed by atoms with Crippen LogP contribution in [0, 0.1) is 34.2 Å². The van der Waals surface area contributed by atoms with Crippen molar-refractivity contribution >= 4 is 17.4 Å². The van der Waals surface area contributed by atoms with Gasteiger partial charge in [-0.1, -0.05) is 17.7 Å². The van der Waals surface area contributed by atoms with Gasteiger partial charge in [0, 0.05) is 30.8 Å². The summed E-state index contributed by atoms with van der Waals surface area (Å²) in [5.74, 6) is -1.82. The fourth-order valence-electron chi connectivity index (χ4n) is 4.21. The van der Waals surface area contributed by atoms with Crippen molar-refractivity contribution in [2.75, 3.05) is 18.0 Å². The van der Waals surface area contributed by atoms with Crippen molar-refractivity contribution in [2.24, 2.45) is 5.41 Å². The van der Waals surface area contributed by atoms with Gasteiger partial charge in [-0.15, -0.1) is 0 Å². The SMILES string of the molecule is CC1(C#N)CCN(c2cc(Oc3ccc(-n4ncn(Cc5c(F)cccc5F)c4=O)cc3F)c(Cl)cn2)C1. The Hall–Kier alpha value is -4.30. The van der Waals surface area contributed by atoms with Gasteiger partial charge in [-0.2, -0.15) is 15.0 Å². The summed E-state index contributed by atoms with van der Waals surface area (Å²) in [6.45, 7) is 2.62. The van der Waals surface area contributed by atoms with Crippen molar-refractivity contribution in [3.63, 3.8) is 0 Å². The molecule has 4 aromatic rings. The monoisotopic (exact) mass is 540 g/mol. The van der Waals surface area contributed by atoms with Gasteiger partial charge < -0.3 is 9.64 Å². The minimum Gasteiger partial charge on any atom is -0.453 e. The van der Waals surface area contributed by atoms with E-state index in [4.69, 9.17) is 16.3 Å². The molecule has 1 fully saturated rings. The lowest BCUT2D eigenvalue weighted by molar-refractivity contribution is 0.441. The number of aromatic nitrogens is 4. The van der Waals surface area contributed by atoms with Gasteiger partial charge in [0.1, 0.15) is 28.8 Å². The molecule has 0 saturated carbocycles. The number of benzene rings is 2. The Morgan fingerprint density at radius 3 is 2.58 bits per heavy atom. The summed E-state index contributed by atoms with van der Waals surface area (Å²) in [4.78, 5) is 19.0. The minimum atomic E-state index is -0.795. The Morgan fingerprint density at radius 1 is 1.13 bits per heavy atom. The molecule has 0 N–H and O–H groups in total. The summed E-state index contributed by atoms with van der Waals surface area (Å²) in [6.07, 6.45) is 3.19. The molecule has 0 spiro atoms. The maximum Gasteiger partial charge on any atom is 0.350 e. The number of nitrogens with zero attached hydrogens (tertiary/aromatic N) is 6. The minimum absolute atomic E-state index is 0.0852. The zero-order chi connectivity index (χ0) is 27.0. The van der Waals surface area contributed by atoms with E-state index in [1.54, 1.807) is 6.07 Å². The van der Waals surface area contributed by atoms with Crippen LogP contribution < -0.4 is 15.3 Å². The van der Waals surface area contributed by atoms with Gasteiger partial charge in [-0.05, 0) is 37.6 Å². The first-order valence-electron chi connectivity index (χ1n) is 11.5. The molecule has 1 atom stereocenters. The summed E-state index contributed by atoms with van der Waals surface area (Å²) >= 11 is 6.24. The van der Waals surface area contributed by atoms with Crippen molar-refractivity contribution in [1.29, 1.82) is 5.26 Å². The van der Waals surface area contributed by atoms with Crippen LogP contribution in [0.5, 0.6) is 11.5 Å². The predicted molar refractivity (Wildman–Crippen MR) is 133 cm³/mol. The van der Waals surface area contributed by atoms with Gasteiger partial charge in [0.2, 0.25) is 0 Å². The molecule has 1 unspecified atom stereocenters. The fourth-order valence-corrected chi connectivity index (χ4v) is 4.35.